The minimum Gasteiger partial charge on any atom is -0.333 e. The number of amides is 2. The van der Waals surface area contributed by atoms with Gasteiger partial charge in [0.2, 0.25) is 11.8 Å². The molecule has 0 aliphatic carbocycles. The Bertz CT molecular complexity index is 727. The van der Waals surface area contributed by atoms with Crippen molar-refractivity contribution in [2.24, 2.45) is 0 Å². The number of nitrogens with zero attached hydrogens (tertiary/aromatic N) is 2. The Balaban J connectivity index is 1.79. The van der Waals surface area contributed by atoms with Crippen LogP contribution in [0.4, 0.5) is 5.69 Å². The fraction of sp³-hybridized carbons (Fsp3) is 0.353. The van der Waals surface area contributed by atoms with Crippen LogP contribution in [0.3, 0.4) is 0 Å². The van der Waals surface area contributed by atoms with Gasteiger partial charge in [0.15, 0.2) is 0 Å². The van der Waals surface area contributed by atoms with E-state index in [0.717, 1.165) is 34.9 Å². The molecule has 0 bridgehead atoms. The summed E-state index contributed by atoms with van der Waals surface area (Å²) in [4.78, 5) is 29.8. The summed E-state index contributed by atoms with van der Waals surface area (Å²) in [6.45, 7) is 2.76. The van der Waals surface area contributed by atoms with Gasteiger partial charge < -0.3 is 10.2 Å². The third kappa shape index (κ3) is 2.93. The molecule has 1 aliphatic rings. The molecule has 0 spiro atoms. The lowest BCUT2D eigenvalue weighted by molar-refractivity contribution is -0.136. The SMILES string of the molecule is Cc1ccc2cnccc2c1NC(=O)CN1CCCCC1=O. The highest BCUT2D eigenvalue weighted by Gasteiger charge is 2.20. The van der Waals surface area contributed by atoms with E-state index >= 15 is 0 Å². The number of carbonyl (C=O) groups excluding carboxylic acids is 2. The molecular formula is C17H19N3O2. The molecule has 3 rings (SSSR count). The summed E-state index contributed by atoms with van der Waals surface area (Å²) < 4.78 is 0. The first kappa shape index (κ1) is 14.5. The average molecular weight is 297 g/mol. The lowest BCUT2D eigenvalue weighted by Crippen LogP contribution is -2.40. The van der Waals surface area contributed by atoms with Crippen molar-refractivity contribution in [2.45, 2.75) is 26.2 Å². The Morgan fingerprint density at radius 2 is 2.18 bits per heavy atom. The Labute approximate surface area is 129 Å². The quantitative estimate of drug-likeness (QED) is 0.946. The standard InChI is InChI=1S/C17H19N3O2/c1-12-5-6-13-10-18-8-7-14(13)17(12)19-15(21)11-20-9-3-2-4-16(20)22/h5-8,10H,2-4,9,11H2,1H3,(H,19,21). The van der Waals surface area contributed by atoms with Crippen LogP contribution in [-0.2, 0) is 9.59 Å². The molecule has 0 radical (unpaired) electrons. The van der Waals surface area contributed by atoms with Gasteiger partial charge in [-0.15, -0.1) is 0 Å². The molecule has 1 aromatic carbocycles. The molecule has 1 aliphatic heterocycles. The van der Waals surface area contributed by atoms with Gasteiger partial charge in [-0.2, -0.15) is 0 Å². The molecule has 5 heteroatoms. The Morgan fingerprint density at radius 3 is 3.00 bits per heavy atom. The van der Waals surface area contributed by atoms with Crippen LogP contribution in [0.25, 0.3) is 10.8 Å². The Morgan fingerprint density at radius 1 is 1.32 bits per heavy atom. The minimum atomic E-state index is -0.150. The molecule has 1 N–H and O–H groups in total. The highest BCUT2D eigenvalue weighted by molar-refractivity contribution is 6.04. The minimum absolute atomic E-state index is 0.0697. The van der Waals surface area contributed by atoms with E-state index in [1.807, 2.05) is 25.1 Å². The predicted octanol–water partition coefficient (Wildman–Crippen LogP) is 2.49. The van der Waals surface area contributed by atoms with Crippen molar-refractivity contribution in [1.29, 1.82) is 0 Å². The summed E-state index contributed by atoms with van der Waals surface area (Å²) >= 11 is 0. The van der Waals surface area contributed by atoms with E-state index in [1.165, 1.54) is 0 Å². The second-order valence-corrected chi connectivity index (χ2v) is 5.67. The van der Waals surface area contributed by atoms with Gasteiger partial charge in [0.25, 0.3) is 0 Å². The van der Waals surface area contributed by atoms with Crippen molar-refractivity contribution in [3.8, 4) is 0 Å². The zero-order chi connectivity index (χ0) is 15.5. The van der Waals surface area contributed by atoms with Gasteiger partial charge >= 0.3 is 0 Å². The number of nitrogens with one attached hydrogen (secondary N) is 1. The van der Waals surface area contributed by atoms with Crippen LogP contribution in [-0.4, -0.2) is 34.8 Å². The number of rotatable bonds is 3. The van der Waals surface area contributed by atoms with E-state index in [-0.39, 0.29) is 18.4 Å². The number of piperidine rings is 1. The maximum atomic E-state index is 12.3. The number of pyridine rings is 1. The number of benzene rings is 1. The summed E-state index contributed by atoms with van der Waals surface area (Å²) in [7, 11) is 0. The van der Waals surface area contributed by atoms with Crippen LogP contribution >= 0.6 is 0 Å². The van der Waals surface area contributed by atoms with E-state index in [2.05, 4.69) is 10.3 Å². The van der Waals surface area contributed by atoms with Crippen LogP contribution in [0.15, 0.2) is 30.6 Å². The molecule has 1 saturated heterocycles. The first-order chi connectivity index (χ1) is 10.6. The molecule has 114 valence electrons. The molecule has 5 nitrogen and oxygen atoms in total. The van der Waals surface area contributed by atoms with E-state index < -0.39 is 0 Å². The summed E-state index contributed by atoms with van der Waals surface area (Å²) in [5, 5.41) is 4.91. The normalized spacial score (nSPS) is 15.1. The van der Waals surface area contributed by atoms with E-state index in [0.29, 0.717) is 13.0 Å². The Kier molecular flexibility index (Phi) is 4.04. The molecule has 0 atom stereocenters. The van der Waals surface area contributed by atoms with E-state index in [1.54, 1.807) is 17.3 Å². The molecule has 1 fully saturated rings. The van der Waals surface area contributed by atoms with Crippen molar-refractivity contribution in [1.82, 2.24) is 9.88 Å². The molecule has 0 saturated carbocycles. The van der Waals surface area contributed by atoms with Crippen LogP contribution in [0.2, 0.25) is 0 Å². The lowest BCUT2D eigenvalue weighted by Gasteiger charge is -2.26. The summed E-state index contributed by atoms with van der Waals surface area (Å²) in [5.74, 6) is -0.0806. The van der Waals surface area contributed by atoms with Crippen molar-refractivity contribution in [2.75, 3.05) is 18.4 Å². The zero-order valence-corrected chi connectivity index (χ0v) is 12.6. The van der Waals surface area contributed by atoms with Gasteiger partial charge in [-0.25, -0.2) is 0 Å². The van der Waals surface area contributed by atoms with Crippen LogP contribution < -0.4 is 5.32 Å². The molecule has 2 aromatic rings. The highest BCUT2D eigenvalue weighted by atomic mass is 16.2. The third-order valence-electron chi connectivity index (χ3n) is 4.05. The molecule has 0 unspecified atom stereocenters. The average Bonchev–Trinajstić information content (AvgIpc) is 2.52. The van der Waals surface area contributed by atoms with Gasteiger partial charge in [0.1, 0.15) is 0 Å². The molecule has 22 heavy (non-hydrogen) atoms. The van der Waals surface area contributed by atoms with E-state index in [4.69, 9.17) is 0 Å². The lowest BCUT2D eigenvalue weighted by atomic mass is 10.1. The largest absolute Gasteiger partial charge is 0.333 e. The van der Waals surface area contributed by atoms with Crippen molar-refractivity contribution >= 4 is 28.3 Å². The van der Waals surface area contributed by atoms with Crippen molar-refractivity contribution in [3.05, 3.63) is 36.2 Å². The number of aryl methyl sites for hydroxylation is 1. The fourth-order valence-corrected chi connectivity index (χ4v) is 2.82. The topological polar surface area (TPSA) is 62.3 Å². The predicted molar refractivity (Wildman–Crippen MR) is 85.5 cm³/mol. The zero-order valence-electron chi connectivity index (χ0n) is 12.6. The van der Waals surface area contributed by atoms with Gasteiger partial charge in [0, 0.05) is 36.1 Å². The van der Waals surface area contributed by atoms with Crippen LogP contribution in [0.5, 0.6) is 0 Å². The molecular weight excluding hydrogens is 278 g/mol. The summed E-state index contributed by atoms with van der Waals surface area (Å²) in [6.07, 6.45) is 5.93. The maximum absolute atomic E-state index is 12.3. The smallest absolute Gasteiger partial charge is 0.244 e. The third-order valence-corrected chi connectivity index (χ3v) is 4.05. The van der Waals surface area contributed by atoms with Crippen molar-refractivity contribution in [3.63, 3.8) is 0 Å². The molecule has 2 amide bonds. The van der Waals surface area contributed by atoms with Crippen LogP contribution in [0.1, 0.15) is 24.8 Å². The maximum Gasteiger partial charge on any atom is 0.244 e. The molecule has 1 aromatic heterocycles. The number of hydrogen-bond donors (Lipinski definition) is 1. The monoisotopic (exact) mass is 297 g/mol. The van der Waals surface area contributed by atoms with Gasteiger partial charge in [-0.3, -0.25) is 14.6 Å². The number of hydrogen-bond acceptors (Lipinski definition) is 3. The number of fused-ring (bicyclic) bond motifs is 1. The van der Waals surface area contributed by atoms with Gasteiger partial charge in [0.05, 0.1) is 12.2 Å². The van der Waals surface area contributed by atoms with Gasteiger partial charge in [-0.05, 0) is 31.4 Å². The van der Waals surface area contributed by atoms with E-state index in [9.17, 15) is 9.59 Å². The number of likely N-dealkylation sites (tertiary alicyclic amines) is 1. The van der Waals surface area contributed by atoms with Gasteiger partial charge in [-0.1, -0.05) is 12.1 Å². The first-order valence-corrected chi connectivity index (χ1v) is 7.56. The van der Waals surface area contributed by atoms with Crippen LogP contribution in [0, 0.1) is 6.92 Å². The summed E-state index contributed by atoms with van der Waals surface area (Å²) in [5.41, 5.74) is 1.80. The fourth-order valence-electron chi connectivity index (χ4n) is 2.82. The number of anilines is 1. The second kappa shape index (κ2) is 6.13. The van der Waals surface area contributed by atoms with Crippen molar-refractivity contribution < 1.29 is 9.59 Å². The first-order valence-electron chi connectivity index (χ1n) is 7.56. The number of aromatic nitrogens is 1. The Hall–Kier alpha value is -2.43. The summed E-state index contributed by atoms with van der Waals surface area (Å²) in [6, 6.07) is 5.84. The number of carbonyl (C=O) groups is 2. The second-order valence-electron chi connectivity index (χ2n) is 5.67. The highest BCUT2D eigenvalue weighted by Crippen LogP contribution is 2.26. The molecule has 2 heterocycles.